The molecule has 0 aliphatic heterocycles. The van der Waals surface area contributed by atoms with Crippen molar-refractivity contribution < 1.29 is 22.7 Å². The summed E-state index contributed by atoms with van der Waals surface area (Å²) in [6, 6.07) is 7.42. The molecule has 0 amide bonds. The van der Waals surface area contributed by atoms with Gasteiger partial charge in [-0.15, -0.1) is 0 Å². The first-order valence-electron chi connectivity index (χ1n) is 6.66. The van der Waals surface area contributed by atoms with Crippen LogP contribution in [0.15, 0.2) is 42.7 Å². The van der Waals surface area contributed by atoms with Crippen molar-refractivity contribution in [1.82, 2.24) is 4.98 Å². The zero-order chi connectivity index (χ0) is 17.7. The molecule has 0 aliphatic rings. The quantitative estimate of drug-likeness (QED) is 0.812. The van der Waals surface area contributed by atoms with E-state index in [1.165, 1.54) is 19.4 Å². The Morgan fingerprint density at radius 1 is 1.33 bits per heavy atom. The number of hydrogen-bond donors (Lipinski definition) is 1. The highest BCUT2D eigenvalue weighted by Crippen LogP contribution is 2.31. The summed E-state index contributed by atoms with van der Waals surface area (Å²) in [5.41, 5.74) is 0.0288. The van der Waals surface area contributed by atoms with E-state index in [2.05, 4.69) is 15.0 Å². The van der Waals surface area contributed by atoms with Gasteiger partial charge < -0.3 is 10.1 Å². The molecule has 1 aromatic heterocycles. The Morgan fingerprint density at radius 3 is 2.67 bits per heavy atom. The number of hydrogen-bond acceptors (Lipinski definition) is 4. The number of methoxy groups -OCH3 is 1. The van der Waals surface area contributed by atoms with Gasteiger partial charge in [-0.05, 0) is 24.3 Å². The minimum absolute atomic E-state index is 0.135. The average Bonchev–Trinajstić information content (AvgIpc) is 2.55. The molecule has 2 aromatic rings. The lowest BCUT2D eigenvalue weighted by Gasteiger charge is -2.08. The van der Waals surface area contributed by atoms with E-state index in [1.807, 2.05) is 0 Å². The smallest absolute Gasteiger partial charge is 0.417 e. The number of benzene rings is 1. The predicted molar refractivity (Wildman–Crippen MR) is 84.7 cm³/mol. The molecule has 126 valence electrons. The highest BCUT2D eigenvalue weighted by atomic mass is 35.5. The largest absolute Gasteiger partial charge is 0.465 e. The van der Waals surface area contributed by atoms with E-state index in [-0.39, 0.29) is 10.7 Å². The van der Waals surface area contributed by atoms with E-state index in [0.29, 0.717) is 17.4 Å². The fourth-order valence-electron chi connectivity index (χ4n) is 1.83. The Kier molecular flexibility index (Phi) is 5.46. The van der Waals surface area contributed by atoms with Gasteiger partial charge in [0.15, 0.2) is 0 Å². The molecule has 0 unspecified atom stereocenters. The van der Waals surface area contributed by atoms with Gasteiger partial charge in [-0.2, -0.15) is 13.2 Å². The number of pyridine rings is 1. The van der Waals surface area contributed by atoms with Crippen molar-refractivity contribution in [3.8, 4) is 0 Å². The van der Waals surface area contributed by atoms with Gasteiger partial charge in [0.05, 0.1) is 34.6 Å². The van der Waals surface area contributed by atoms with Gasteiger partial charge in [0.2, 0.25) is 0 Å². The summed E-state index contributed by atoms with van der Waals surface area (Å²) in [6.45, 7) is 0. The van der Waals surface area contributed by atoms with E-state index >= 15 is 0 Å². The van der Waals surface area contributed by atoms with Crippen LogP contribution in [-0.2, 0) is 10.9 Å². The Morgan fingerprint density at radius 2 is 2.04 bits per heavy atom. The Bertz CT molecular complexity index is 776. The zero-order valence-corrected chi connectivity index (χ0v) is 13.2. The molecule has 1 N–H and O–H groups in total. The van der Waals surface area contributed by atoms with Crippen LogP contribution in [0.3, 0.4) is 0 Å². The summed E-state index contributed by atoms with van der Waals surface area (Å²) >= 11 is 5.81. The number of ether oxygens (including phenoxy) is 1. The van der Waals surface area contributed by atoms with Crippen molar-refractivity contribution in [2.75, 3.05) is 12.4 Å². The first-order valence-corrected chi connectivity index (χ1v) is 7.04. The maximum atomic E-state index is 12.6. The number of nitrogens with zero attached hydrogens (tertiary/aromatic N) is 1. The molecule has 4 nitrogen and oxygen atoms in total. The first kappa shape index (κ1) is 17.8. The van der Waals surface area contributed by atoms with Gasteiger partial charge in [0, 0.05) is 12.4 Å². The summed E-state index contributed by atoms with van der Waals surface area (Å²) in [5, 5.41) is 2.71. The molecule has 1 aromatic carbocycles. The summed E-state index contributed by atoms with van der Waals surface area (Å²) in [7, 11) is 1.26. The lowest BCUT2D eigenvalue weighted by atomic mass is 10.2. The number of halogens is 4. The molecule has 2 rings (SSSR count). The molecule has 0 atom stereocenters. The van der Waals surface area contributed by atoms with E-state index in [0.717, 1.165) is 6.07 Å². The molecule has 8 heteroatoms. The summed E-state index contributed by atoms with van der Waals surface area (Å²) in [4.78, 5) is 15.3. The first-order chi connectivity index (χ1) is 11.3. The number of rotatable bonds is 4. The minimum atomic E-state index is -4.50. The minimum Gasteiger partial charge on any atom is -0.465 e. The van der Waals surface area contributed by atoms with Gasteiger partial charge in [-0.3, -0.25) is 4.98 Å². The van der Waals surface area contributed by atoms with Crippen LogP contribution >= 0.6 is 11.6 Å². The van der Waals surface area contributed by atoms with Gasteiger partial charge in [0.25, 0.3) is 0 Å². The SMILES string of the molecule is COC(=O)c1ccccc1NC=Cc1ncc(C(F)(F)F)cc1Cl. The number of para-hydroxylation sites is 1. The normalized spacial score (nSPS) is 11.5. The van der Waals surface area contributed by atoms with Gasteiger partial charge >= 0.3 is 12.1 Å². The molecule has 0 saturated heterocycles. The van der Waals surface area contributed by atoms with E-state index in [4.69, 9.17) is 11.6 Å². The molecule has 24 heavy (non-hydrogen) atoms. The van der Waals surface area contributed by atoms with Crippen LogP contribution in [-0.4, -0.2) is 18.1 Å². The molecule has 0 spiro atoms. The van der Waals surface area contributed by atoms with E-state index in [1.54, 1.807) is 24.3 Å². The Labute approximate surface area is 140 Å². The van der Waals surface area contributed by atoms with E-state index in [9.17, 15) is 18.0 Å². The average molecular weight is 357 g/mol. The molecule has 0 saturated carbocycles. The third kappa shape index (κ3) is 4.26. The third-order valence-corrected chi connectivity index (χ3v) is 3.31. The topological polar surface area (TPSA) is 51.2 Å². The molecule has 0 fully saturated rings. The van der Waals surface area contributed by atoms with Crippen molar-refractivity contribution in [2.45, 2.75) is 6.18 Å². The lowest BCUT2D eigenvalue weighted by molar-refractivity contribution is -0.137. The molecule has 1 heterocycles. The second kappa shape index (κ2) is 7.35. The number of carbonyl (C=O) groups is 1. The second-order valence-electron chi connectivity index (χ2n) is 4.60. The van der Waals surface area contributed by atoms with Crippen LogP contribution in [0, 0.1) is 0 Å². The van der Waals surface area contributed by atoms with Crippen LogP contribution in [0.1, 0.15) is 21.6 Å². The highest BCUT2D eigenvalue weighted by molar-refractivity contribution is 6.31. The number of aromatic nitrogens is 1. The molecule has 0 aliphatic carbocycles. The van der Waals surface area contributed by atoms with Gasteiger partial charge in [-0.1, -0.05) is 23.7 Å². The fourth-order valence-corrected chi connectivity index (χ4v) is 2.06. The monoisotopic (exact) mass is 356 g/mol. The Balaban J connectivity index is 2.17. The summed E-state index contributed by atoms with van der Waals surface area (Å²) in [5.74, 6) is -0.516. The lowest BCUT2D eigenvalue weighted by Crippen LogP contribution is -2.06. The van der Waals surface area contributed by atoms with Crippen LogP contribution in [0.5, 0.6) is 0 Å². The predicted octanol–water partition coefficient (Wildman–Crippen LogP) is 4.62. The molecule has 0 radical (unpaired) electrons. The van der Waals surface area contributed by atoms with Crippen molar-refractivity contribution in [3.63, 3.8) is 0 Å². The number of carbonyl (C=O) groups excluding carboxylic acids is 1. The zero-order valence-electron chi connectivity index (χ0n) is 12.4. The Hall–Kier alpha value is -2.54. The number of nitrogens with one attached hydrogen (secondary N) is 1. The van der Waals surface area contributed by atoms with Crippen molar-refractivity contribution in [1.29, 1.82) is 0 Å². The maximum Gasteiger partial charge on any atom is 0.417 e. The fraction of sp³-hybridized carbons (Fsp3) is 0.125. The van der Waals surface area contributed by atoms with Crippen molar-refractivity contribution >= 4 is 29.3 Å². The molecular weight excluding hydrogens is 345 g/mol. The number of esters is 1. The van der Waals surface area contributed by atoms with Crippen LogP contribution in [0.4, 0.5) is 18.9 Å². The number of anilines is 1. The van der Waals surface area contributed by atoms with Crippen molar-refractivity contribution in [2.24, 2.45) is 0 Å². The second-order valence-corrected chi connectivity index (χ2v) is 5.01. The van der Waals surface area contributed by atoms with Crippen molar-refractivity contribution in [3.05, 3.63) is 64.6 Å². The third-order valence-electron chi connectivity index (χ3n) is 3.01. The van der Waals surface area contributed by atoms with Gasteiger partial charge in [0.1, 0.15) is 0 Å². The summed E-state index contributed by atoms with van der Waals surface area (Å²) < 4.78 is 42.3. The summed E-state index contributed by atoms with van der Waals surface area (Å²) in [6.07, 6.45) is -0.982. The number of alkyl halides is 3. The van der Waals surface area contributed by atoms with Gasteiger partial charge in [-0.25, -0.2) is 4.79 Å². The highest BCUT2D eigenvalue weighted by Gasteiger charge is 2.31. The maximum absolute atomic E-state index is 12.6. The van der Waals surface area contributed by atoms with Crippen LogP contribution < -0.4 is 5.32 Å². The molecular formula is C16H12ClF3N2O2. The van der Waals surface area contributed by atoms with Crippen LogP contribution in [0.2, 0.25) is 5.02 Å². The van der Waals surface area contributed by atoms with E-state index < -0.39 is 17.7 Å². The molecule has 0 bridgehead atoms. The standard InChI is InChI=1S/C16H12ClF3N2O2/c1-24-15(23)11-4-2-3-5-13(11)21-7-6-14-12(17)8-10(9-22-14)16(18,19)20/h2-9,21H,1H3. The van der Waals surface area contributed by atoms with Crippen LogP contribution in [0.25, 0.3) is 6.08 Å².